The lowest BCUT2D eigenvalue weighted by atomic mass is 9.91. The molecule has 0 spiro atoms. The Morgan fingerprint density at radius 2 is 1.73 bits per heavy atom. The molecule has 5 rings (SSSR count). The van der Waals surface area contributed by atoms with Crippen LogP contribution < -0.4 is 0 Å². The summed E-state index contributed by atoms with van der Waals surface area (Å²) in [6, 6.07) is 18.0. The number of carboxylic acids is 1. The van der Waals surface area contributed by atoms with Gasteiger partial charge in [0.25, 0.3) is 0 Å². The Balaban J connectivity index is 1.71. The van der Waals surface area contributed by atoms with Crippen LogP contribution in [-0.2, 0) is 9.53 Å². The topological polar surface area (TPSA) is 77.2 Å². The van der Waals surface area contributed by atoms with Gasteiger partial charge in [-0.25, -0.2) is 9.78 Å². The van der Waals surface area contributed by atoms with Crippen LogP contribution in [0.15, 0.2) is 67.0 Å². The number of benzene rings is 3. The van der Waals surface area contributed by atoms with E-state index in [1.807, 2.05) is 81.0 Å². The molecule has 0 fully saturated rings. The van der Waals surface area contributed by atoms with Gasteiger partial charge < -0.3 is 9.84 Å². The molecule has 1 atom stereocenters. The van der Waals surface area contributed by atoms with Crippen molar-refractivity contribution in [2.45, 2.75) is 59.3 Å². The number of carboxylic acid groups (broad SMARTS) is 1. The number of aliphatic carboxylic acids is 1. The molecule has 8 heteroatoms. The van der Waals surface area contributed by atoms with E-state index in [0.29, 0.717) is 10.6 Å². The highest BCUT2D eigenvalue weighted by molar-refractivity contribution is 7.22. The second kappa shape index (κ2) is 10.8. The fourth-order valence-corrected chi connectivity index (χ4v) is 6.01. The Morgan fingerprint density at radius 1 is 1.02 bits per heavy atom. The first-order valence-electron chi connectivity index (χ1n) is 13.2. The monoisotopic (exact) mass is 573 g/mol. The molecular formula is C32H32ClN3O3S. The molecule has 0 amide bonds. The Morgan fingerprint density at radius 3 is 2.35 bits per heavy atom. The van der Waals surface area contributed by atoms with Gasteiger partial charge in [0.1, 0.15) is 5.01 Å². The maximum Gasteiger partial charge on any atom is 0.337 e. The number of nitrogens with zero attached hydrogens (tertiary/aromatic N) is 3. The Bertz CT molecular complexity index is 1700. The van der Waals surface area contributed by atoms with E-state index in [-0.39, 0.29) is 6.04 Å². The van der Waals surface area contributed by atoms with Crippen molar-refractivity contribution < 1.29 is 14.6 Å². The summed E-state index contributed by atoms with van der Waals surface area (Å²) < 4.78 is 8.97. The number of fused-ring (bicyclic) bond motifs is 1. The third-order valence-electron chi connectivity index (χ3n) is 6.59. The molecular weight excluding hydrogens is 542 g/mol. The molecule has 0 aliphatic rings. The van der Waals surface area contributed by atoms with Gasteiger partial charge in [0, 0.05) is 39.5 Å². The number of rotatable bonds is 7. The molecule has 0 unspecified atom stereocenters. The Hall–Kier alpha value is -3.52. The number of ether oxygens (including phenoxy) is 1. The lowest BCUT2D eigenvalue weighted by Crippen LogP contribution is -2.28. The zero-order valence-corrected chi connectivity index (χ0v) is 25.0. The molecule has 0 aliphatic carbocycles. The highest BCUT2D eigenvalue weighted by Crippen LogP contribution is 2.44. The highest BCUT2D eigenvalue weighted by Gasteiger charge is 2.32. The molecule has 6 nitrogen and oxygen atoms in total. The number of halogens is 1. The Labute approximate surface area is 243 Å². The van der Waals surface area contributed by atoms with Crippen LogP contribution in [0.1, 0.15) is 57.9 Å². The van der Waals surface area contributed by atoms with E-state index in [4.69, 9.17) is 21.3 Å². The van der Waals surface area contributed by atoms with Crippen LogP contribution in [0.5, 0.6) is 0 Å². The van der Waals surface area contributed by atoms with E-state index < -0.39 is 17.7 Å². The van der Waals surface area contributed by atoms with Crippen LogP contribution in [0.3, 0.4) is 0 Å². The maximum absolute atomic E-state index is 12.6. The average Bonchev–Trinajstić information content (AvgIpc) is 3.55. The van der Waals surface area contributed by atoms with Gasteiger partial charge in [0.2, 0.25) is 0 Å². The van der Waals surface area contributed by atoms with Crippen LogP contribution in [-0.4, -0.2) is 31.4 Å². The number of hydrogen-bond acceptors (Lipinski definition) is 5. The molecule has 2 heterocycles. The van der Waals surface area contributed by atoms with Crippen molar-refractivity contribution in [1.29, 1.82) is 0 Å². The first kappa shape index (κ1) is 28.0. The summed E-state index contributed by atoms with van der Waals surface area (Å²) >= 11 is 7.77. The van der Waals surface area contributed by atoms with Crippen LogP contribution in [0.4, 0.5) is 0 Å². The summed E-state index contributed by atoms with van der Waals surface area (Å²) in [6.45, 7) is 11.7. The van der Waals surface area contributed by atoms with Gasteiger partial charge in [-0.1, -0.05) is 41.9 Å². The molecule has 0 aliphatic heterocycles. The molecule has 0 saturated heterocycles. The predicted molar refractivity (Wildman–Crippen MR) is 163 cm³/mol. The molecule has 0 radical (unpaired) electrons. The maximum atomic E-state index is 12.6. The van der Waals surface area contributed by atoms with Gasteiger partial charge in [0.15, 0.2) is 6.10 Å². The summed E-state index contributed by atoms with van der Waals surface area (Å²) in [5.41, 5.74) is 6.33. The number of carbonyl (C=O) groups is 1. The molecule has 1 N–H and O–H groups in total. The van der Waals surface area contributed by atoms with Gasteiger partial charge >= 0.3 is 5.97 Å². The van der Waals surface area contributed by atoms with E-state index in [2.05, 4.69) is 37.3 Å². The fraction of sp³-hybridized carbons (Fsp3) is 0.281. The van der Waals surface area contributed by atoms with Crippen molar-refractivity contribution in [1.82, 2.24) is 14.8 Å². The summed E-state index contributed by atoms with van der Waals surface area (Å²) in [5, 5.41) is 16.2. The molecule has 5 aromatic rings. The van der Waals surface area contributed by atoms with Crippen LogP contribution in [0, 0.1) is 6.92 Å². The van der Waals surface area contributed by atoms with Crippen LogP contribution in [0.25, 0.3) is 43.0 Å². The van der Waals surface area contributed by atoms with Gasteiger partial charge in [-0.05, 0) is 82.5 Å². The lowest BCUT2D eigenvalue weighted by Gasteiger charge is -2.28. The zero-order chi connectivity index (χ0) is 28.8. The van der Waals surface area contributed by atoms with E-state index in [0.717, 1.165) is 48.6 Å². The third-order valence-corrected chi connectivity index (χ3v) is 7.98. The fourth-order valence-electron chi connectivity index (χ4n) is 4.76. The normalized spacial score (nSPS) is 12.8. The number of aryl methyl sites for hydroxylation is 1. The van der Waals surface area contributed by atoms with Gasteiger partial charge in [0.05, 0.1) is 22.0 Å². The minimum atomic E-state index is -1.15. The van der Waals surface area contributed by atoms with Crippen LogP contribution >= 0.6 is 22.9 Å². The van der Waals surface area contributed by atoms with Gasteiger partial charge in [-0.15, -0.1) is 11.3 Å². The molecule has 3 aromatic carbocycles. The van der Waals surface area contributed by atoms with Gasteiger partial charge in [-0.3, -0.25) is 4.68 Å². The summed E-state index contributed by atoms with van der Waals surface area (Å²) in [7, 11) is 0. The average molecular weight is 574 g/mol. The van der Waals surface area contributed by atoms with Crippen LogP contribution in [0.2, 0.25) is 5.02 Å². The van der Waals surface area contributed by atoms with Crippen molar-refractivity contribution in [2.24, 2.45) is 0 Å². The van der Waals surface area contributed by atoms with Crippen molar-refractivity contribution >= 4 is 39.1 Å². The quantitative estimate of drug-likeness (QED) is 0.210. The predicted octanol–water partition coefficient (Wildman–Crippen LogP) is 8.98. The number of hydrogen-bond donors (Lipinski definition) is 1. The molecule has 0 bridgehead atoms. The smallest absolute Gasteiger partial charge is 0.337 e. The van der Waals surface area contributed by atoms with Gasteiger partial charge in [-0.2, -0.15) is 5.10 Å². The molecule has 206 valence electrons. The van der Waals surface area contributed by atoms with E-state index >= 15 is 0 Å². The number of thiazole rings is 1. The minimum absolute atomic E-state index is 0.279. The zero-order valence-electron chi connectivity index (χ0n) is 23.4. The summed E-state index contributed by atoms with van der Waals surface area (Å²) in [6.07, 6.45) is 2.78. The molecule has 0 saturated carbocycles. The first-order chi connectivity index (χ1) is 18.9. The van der Waals surface area contributed by atoms with E-state index in [9.17, 15) is 9.90 Å². The standard InChI is InChI=1S/C32H32ClN3O3S/c1-18(2)36-17-23(16-34-36)21-8-7-9-22(15-21)30-35-25-14-19(3)26(28(31(37)38)39-32(4,5)6)27(29(25)40-30)20-10-12-24(33)13-11-20/h7-18,28H,1-6H3,(H,37,38)/t28-/m0/s1. The largest absolute Gasteiger partial charge is 0.479 e. The first-order valence-corrected chi connectivity index (χ1v) is 14.4. The molecule has 40 heavy (non-hydrogen) atoms. The lowest BCUT2D eigenvalue weighted by molar-refractivity contribution is -0.160. The van der Waals surface area contributed by atoms with Crippen molar-refractivity contribution in [3.8, 4) is 32.8 Å². The highest BCUT2D eigenvalue weighted by atomic mass is 35.5. The summed E-state index contributed by atoms with van der Waals surface area (Å²) in [4.78, 5) is 17.6. The second-order valence-electron chi connectivity index (χ2n) is 11.2. The van der Waals surface area contributed by atoms with E-state index in [1.54, 1.807) is 11.3 Å². The number of aromatic nitrogens is 3. The SMILES string of the molecule is Cc1cc2nc(-c3cccc(-c4cnn(C(C)C)c4)c3)sc2c(-c2ccc(Cl)cc2)c1[C@H](OC(C)(C)C)C(=O)O. The van der Waals surface area contributed by atoms with Crippen molar-refractivity contribution in [3.63, 3.8) is 0 Å². The summed E-state index contributed by atoms with van der Waals surface area (Å²) in [5.74, 6) is -1.04. The third kappa shape index (κ3) is 5.68. The molecule has 2 aromatic heterocycles. The van der Waals surface area contributed by atoms with E-state index in [1.165, 1.54) is 0 Å². The second-order valence-corrected chi connectivity index (χ2v) is 12.6. The minimum Gasteiger partial charge on any atom is -0.479 e. The Kier molecular flexibility index (Phi) is 7.57. The van der Waals surface area contributed by atoms with Crippen molar-refractivity contribution in [2.75, 3.05) is 0 Å². The van der Waals surface area contributed by atoms with Crippen molar-refractivity contribution in [3.05, 3.63) is 83.1 Å².